The van der Waals surface area contributed by atoms with Gasteiger partial charge in [-0.1, -0.05) is 13.0 Å². The second-order valence-corrected chi connectivity index (χ2v) is 3.88. The second kappa shape index (κ2) is 4.53. The molecular formula is C12H17NO2. The summed E-state index contributed by atoms with van der Waals surface area (Å²) in [6, 6.07) is 6.63. The number of hydrogen-bond donors (Lipinski definition) is 1. The molecule has 3 nitrogen and oxygen atoms in total. The molecule has 0 aliphatic carbocycles. The highest BCUT2D eigenvalue weighted by Crippen LogP contribution is 2.32. The summed E-state index contributed by atoms with van der Waals surface area (Å²) < 4.78 is 10.6. The predicted molar refractivity (Wildman–Crippen MR) is 59.2 cm³/mol. The van der Waals surface area contributed by atoms with Gasteiger partial charge in [0.1, 0.15) is 0 Å². The van der Waals surface area contributed by atoms with Gasteiger partial charge < -0.3 is 14.8 Å². The molecular weight excluding hydrogens is 190 g/mol. The van der Waals surface area contributed by atoms with E-state index in [4.69, 9.17) is 9.47 Å². The Hall–Kier alpha value is -1.22. The first-order valence-corrected chi connectivity index (χ1v) is 5.41. The summed E-state index contributed by atoms with van der Waals surface area (Å²) in [6.45, 7) is 5.59. The first-order chi connectivity index (χ1) is 7.29. The van der Waals surface area contributed by atoms with Crippen LogP contribution in [0.3, 0.4) is 0 Å². The molecule has 1 aliphatic rings. The molecule has 0 aromatic heterocycles. The maximum absolute atomic E-state index is 5.32. The zero-order valence-electron chi connectivity index (χ0n) is 9.25. The normalized spacial score (nSPS) is 15.3. The summed E-state index contributed by atoms with van der Waals surface area (Å²) in [5.41, 5.74) is 1.24. The fourth-order valence-electron chi connectivity index (χ4n) is 1.49. The van der Waals surface area contributed by atoms with Crippen molar-refractivity contribution in [3.05, 3.63) is 23.8 Å². The second-order valence-electron chi connectivity index (χ2n) is 3.88. The smallest absolute Gasteiger partial charge is 0.231 e. The molecule has 3 heteroatoms. The van der Waals surface area contributed by atoms with Crippen LogP contribution in [0.2, 0.25) is 0 Å². The van der Waals surface area contributed by atoms with E-state index in [0.717, 1.165) is 24.5 Å². The van der Waals surface area contributed by atoms with E-state index in [0.29, 0.717) is 12.8 Å². The van der Waals surface area contributed by atoms with Crippen LogP contribution in [0.25, 0.3) is 0 Å². The quantitative estimate of drug-likeness (QED) is 0.821. The predicted octanol–water partition coefficient (Wildman–Crippen LogP) is 2.30. The highest BCUT2D eigenvalue weighted by Gasteiger charge is 2.12. The molecule has 15 heavy (non-hydrogen) atoms. The van der Waals surface area contributed by atoms with E-state index in [-0.39, 0.29) is 0 Å². The summed E-state index contributed by atoms with van der Waals surface area (Å²) in [4.78, 5) is 0. The van der Waals surface area contributed by atoms with Gasteiger partial charge in [-0.05, 0) is 31.0 Å². The Balaban J connectivity index is 1.98. The minimum absolute atomic E-state index is 0.345. The molecule has 0 amide bonds. The third kappa shape index (κ3) is 2.42. The third-order valence-electron chi connectivity index (χ3n) is 2.70. The Morgan fingerprint density at radius 1 is 1.33 bits per heavy atom. The molecule has 1 aromatic rings. The lowest BCUT2D eigenvalue weighted by molar-refractivity contribution is 0.174. The Morgan fingerprint density at radius 3 is 2.93 bits per heavy atom. The van der Waals surface area contributed by atoms with Crippen LogP contribution >= 0.6 is 0 Å². The van der Waals surface area contributed by atoms with Gasteiger partial charge in [0.05, 0.1) is 0 Å². The maximum Gasteiger partial charge on any atom is 0.231 e. The lowest BCUT2D eigenvalue weighted by Crippen LogP contribution is -2.24. The van der Waals surface area contributed by atoms with E-state index in [9.17, 15) is 0 Å². The fourth-order valence-corrected chi connectivity index (χ4v) is 1.49. The van der Waals surface area contributed by atoms with Gasteiger partial charge in [-0.15, -0.1) is 0 Å². The van der Waals surface area contributed by atoms with Crippen molar-refractivity contribution < 1.29 is 9.47 Å². The van der Waals surface area contributed by atoms with Crippen molar-refractivity contribution in [3.63, 3.8) is 0 Å². The van der Waals surface area contributed by atoms with Gasteiger partial charge >= 0.3 is 0 Å². The summed E-state index contributed by atoms with van der Waals surface area (Å²) in [7, 11) is 0. The lowest BCUT2D eigenvalue weighted by Gasteiger charge is -2.11. The average molecular weight is 207 g/mol. The largest absolute Gasteiger partial charge is 0.454 e. The highest BCUT2D eigenvalue weighted by molar-refractivity contribution is 5.44. The first-order valence-electron chi connectivity index (χ1n) is 5.41. The zero-order valence-corrected chi connectivity index (χ0v) is 9.25. The molecule has 1 heterocycles. The van der Waals surface area contributed by atoms with Crippen LogP contribution in [0.5, 0.6) is 11.5 Å². The Bertz CT molecular complexity index is 338. The van der Waals surface area contributed by atoms with Crippen LogP contribution in [-0.4, -0.2) is 12.8 Å². The fraction of sp³-hybridized carbons (Fsp3) is 0.500. The molecule has 1 unspecified atom stereocenters. The van der Waals surface area contributed by atoms with Gasteiger partial charge in [0, 0.05) is 12.6 Å². The summed E-state index contributed by atoms with van der Waals surface area (Å²) in [5.74, 6) is 1.71. The number of hydrogen-bond acceptors (Lipinski definition) is 3. The first kappa shape index (κ1) is 10.3. The van der Waals surface area contributed by atoms with Gasteiger partial charge in [0.25, 0.3) is 0 Å². The van der Waals surface area contributed by atoms with Crippen molar-refractivity contribution in [2.45, 2.75) is 32.9 Å². The zero-order chi connectivity index (χ0) is 10.7. The van der Waals surface area contributed by atoms with Gasteiger partial charge in [0.2, 0.25) is 6.79 Å². The van der Waals surface area contributed by atoms with E-state index in [1.807, 2.05) is 12.1 Å². The van der Waals surface area contributed by atoms with Crippen LogP contribution in [-0.2, 0) is 6.54 Å². The number of ether oxygens (including phenoxy) is 2. The van der Waals surface area contributed by atoms with Crippen LogP contribution in [0.15, 0.2) is 18.2 Å². The van der Waals surface area contributed by atoms with Crippen LogP contribution < -0.4 is 14.8 Å². The molecule has 0 saturated heterocycles. The maximum atomic E-state index is 5.32. The van der Waals surface area contributed by atoms with Crippen molar-refractivity contribution in [1.82, 2.24) is 5.32 Å². The molecule has 1 N–H and O–H groups in total. The van der Waals surface area contributed by atoms with Crippen LogP contribution in [0.1, 0.15) is 25.8 Å². The molecule has 0 saturated carbocycles. The minimum atomic E-state index is 0.345. The van der Waals surface area contributed by atoms with E-state index in [1.165, 1.54) is 5.56 Å². The van der Waals surface area contributed by atoms with E-state index in [1.54, 1.807) is 0 Å². The van der Waals surface area contributed by atoms with Crippen molar-refractivity contribution in [2.24, 2.45) is 0 Å². The molecule has 82 valence electrons. The van der Waals surface area contributed by atoms with Crippen molar-refractivity contribution in [1.29, 1.82) is 0 Å². The highest BCUT2D eigenvalue weighted by atomic mass is 16.7. The van der Waals surface area contributed by atoms with E-state index >= 15 is 0 Å². The topological polar surface area (TPSA) is 30.5 Å². The van der Waals surface area contributed by atoms with Crippen LogP contribution in [0, 0.1) is 0 Å². The molecule has 0 spiro atoms. The van der Waals surface area contributed by atoms with Gasteiger partial charge in [-0.3, -0.25) is 0 Å². The Labute approximate surface area is 90.4 Å². The Morgan fingerprint density at radius 2 is 2.13 bits per heavy atom. The number of fused-ring (bicyclic) bond motifs is 1. The standard InChI is InChI=1S/C12H17NO2/c1-3-9(2)13-7-10-4-5-11-12(6-10)15-8-14-11/h4-6,9,13H,3,7-8H2,1-2H3. The van der Waals surface area contributed by atoms with E-state index in [2.05, 4.69) is 25.2 Å². The molecule has 1 aromatic carbocycles. The van der Waals surface area contributed by atoms with E-state index < -0.39 is 0 Å². The Kier molecular flexibility index (Phi) is 3.11. The van der Waals surface area contributed by atoms with Crippen LogP contribution in [0.4, 0.5) is 0 Å². The molecule has 0 fully saturated rings. The SMILES string of the molecule is CCC(C)NCc1ccc2c(c1)OCO2. The summed E-state index contributed by atoms with van der Waals surface area (Å²) in [5, 5.41) is 3.44. The summed E-state index contributed by atoms with van der Waals surface area (Å²) in [6.07, 6.45) is 1.14. The molecule has 1 atom stereocenters. The lowest BCUT2D eigenvalue weighted by atomic mass is 10.2. The van der Waals surface area contributed by atoms with Crippen molar-refractivity contribution in [2.75, 3.05) is 6.79 Å². The molecule has 1 aliphatic heterocycles. The average Bonchev–Trinajstić information content (AvgIpc) is 2.72. The number of benzene rings is 1. The minimum Gasteiger partial charge on any atom is -0.454 e. The number of nitrogens with one attached hydrogen (secondary N) is 1. The summed E-state index contributed by atoms with van der Waals surface area (Å²) >= 11 is 0. The molecule has 0 radical (unpaired) electrons. The van der Waals surface area contributed by atoms with Gasteiger partial charge in [-0.2, -0.15) is 0 Å². The molecule has 0 bridgehead atoms. The molecule has 2 rings (SSSR count). The van der Waals surface area contributed by atoms with Crippen molar-refractivity contribution >= 4 is 0 Å². The van der Waals surface area contributed by atoms with Crippen molar-refractivity contribution in [3.8, 4) is 11.5 Å². The third-order valence-corrected chi connectivity index (χ3v) is 2.70. The number of rotatable bonds is 4. The monoisotopic (exact) mass is 207 g/mol. The van der Waals surface area contributed by atoms with Gasteiger partial charge in [-0.25, -0.2) is 0 Å². The van der Waals surface area contributed by atoms with Gasteiger partial charge in [0.15, 0.2) is 11.5 Å².